The van der Waals surface area contributed by atoms with Crippen molar-refractivity contribution in [2.75, 3.05) is 0 Å². The molecule has 8 heteroatoms. The number of carbonyl (C=O) groups is 1. The van der Waals surface area contributed by atoms with Gasteiger partial charge in [-0.3, -0.25) is 4.79 Å². The van der Waals surface area contributed by atoms with E-state index in [0.717, 1.165) is 0 Å². The van der Waals surface area contributed by atoms with E-state index in [2.05, 4.69) is 4.98 Å². The Hall–Kier alpha value is -1.000. The fraction of sp³-hybridized carbons (Fsp3) is 0. The van der Waals surface area contributed by atoms with Crippen LogP contribution in [0.1, 0.15) is 10.5 Å². The van der Waals surface area contributed by atoms with Crippen LogP contribution in [-0.2, 0) is 0 Å². The van der Waals surface area contributed by atoms with Gasteiger partial charge in [0.05, 0.1) is 35.8 Å². The van der Waals surface area contributed by atoms with E-state index in [1.165, 1.54) is 6.07 Å². The average molecular weight is 466 g/mol. The normalized spacial score (nSPS) is 10.8. The third-order valence-corrected chi connectivity index (χ3v) is 5.87. The molecule has 0 fully saturated rings. The van der Waals surface area contributed by atoms with E-state index in [1.807, 2.05) is 0 Å². The Morgan fingerprint density at radius 2 is 1.15 bits per heavy atom. The molecule has 0 aliphatic rings. The predicted octanol–water partition coefficient (Wildman–Crippen LogP) is 8.15. The van der Waals surface area contributed by atoms with Crippen LogP contribution in [0, 0.1) is 0 Å². The Balaban J connectivity index is 2.43. The smallest absolute Gasteiger partial charge is 0.168 e. The first-order chi connectivity index (χ1) is 12.3. The highest BCUT2D eigenvalue weighted by Gasteiger charge is 2.22. The van der Waals surface area contributed by atoms with E-state index in [1.54, 1.807) is 30.3 Å². The summed E-state index contributed by atoms with van der Waals surface area (Å²) in [5.41, 5.74) is 1.84. The quantitative estimate of drug-likeness (QED) is 0.288. The molecular weight excluding hydrogens is 459 g/mol. The van der Waals surface area contributed by atoms with Gasteiger partial charge >= 0.3 is 0 Å². The zero-order chi connectivity index (χ0) is 19.0. The predicted molar refractivity (Wildman–Crippen MR) is 111 cm³/mol. The molecule has 0 saturated heterocycles. The molecule has 3 rings (SSSR count). The summed E-state index contributed by atoms with van der Waals surface area (Å²) >= 11 is 37.7. The number of halogens is 6. The van der Waals surface area contributed by atoms with Crippen molar-refractivity contribution in [1.82, 2.24) is 4.98 Å². The van der Waals surface area contributed by atoms with Crippen molar-refractivity contribution in [3.05, 3.63) is 72.2 Å². The molecule has 0 saturated carbocycles. The fourth-order valence-electron chi connectivity index (χ4n) is 2.45. The first-order valence-electron chi connectivity index (χ1n) is 7.09. The summed E-state index contributed by atoms with van der Waals surface area (Å²) in [6, 6.07) is 9.55. The lowest BCUT2D eigenvalue weighted by Gasteiger charge is -2.16. The third-order valence-electron chi connectivity index (χ3n) is 3.63. The van der Waals surface area contributed by atoms with Crippen molar-refractivity contribution in [2.45, 2.75) is 0 Å². The van der Waals surface area contributed by atoms with Crippen molar-refractivity contribution in [1.29, 1.82) is 0 Å². The van der Waals surface area contributed by atoms with Gasteiger partial charge in [-0.1, -0.05) is 69.6 Å². The second-order valence-electron chi connectivity index (χ2n) is 5.19. The van der Waals surface area contributed by atoms with Crippen LogP contribution >= 0.6 is 69.6 Å². The summed E-state index contributed by atoms with van der Waals surface area (Å²) < 4.78 is 0. The Bertz CT molecular complexity index is 1030. The molecular formula is C18H7Cl6NO. The molecule has 0 N–H and O–H groups in total. The molecule has 2 nitrogen and oxygen atoms in total. The molecule has 0 amide bonds. The van der Waals surface area contributed by atoms with E-state index < -0.39 is 0 Å². The number of aldehydes is 1. The van der Waals surface area contributed by atoms with Gasteiger partial charge in [0, 0.05) is 16.7 Å². The Morgan fingerprint density at radius 1 is 0.654 bits per heavy atom. The summed E-state index contributed by atoms with van der Waals surface area (Å²) in [6.07, 6.45) is 0.612. The minimum absolute atomic E-state index is 0.185. The van der Waals surface area contributed by atoms with Gasteiger partial charge < -0.3 is 0 Å². The molecule has 2 aromatic carbocycles. The van der Waals surface area contributed by atoms with Gasteiger partial charge in [-0.05, 0) is 36.4 Å². The monoisotopic (exact) mass is 463 g/mol. The second-order valence-corrected chi connectivity index (χ2v) is 7.57. The number of pyridine rings is 1. The van der Waals surface area contributed by atoms with Crippen molar-refractivity contribution < 1.29 is 4.79 Å². The first kappa shape index (κ1) is 19.8. The van der Waals surface area contributed by atoms with Crippen LogP contribution in [0.2, 0.25) is 30.1 Å². The summed E-state index contributed by atoms with van der Waals surface area (Å²) in [7, 11) is 0. The molecule has 3 aromatic rings. The highest BCUT2D eigenvalue weighted by molar-refractivity contribution is 6.47. The zero-order valence-electron chi connectivity index (χ0n) is 12.7. The maximum Gasteiger partial charge on any atom is 0.168 e. The molecule has 0 radical (unpaired) electrons. The molecule has 0 atom stereocenters. The molecule has 0 aliphatic carbocycles. The van der Waals surface area contributed by atoms with Crippen LogP contribution in [0.25, 0.3) is 22.4 Å². The number of rotatable bonds is 3. The Morgan fingerprint density at radius 3 is 1.73 bits per heavy atom. The van der Waals surface area contributed by atoms with Gasteiger partial charge in [-0.25, -0.2) is 4.98 Å². The minimum Gasteiger partial charge on any atom is -0.296 e. The molecule has 1 aromatic heterocycles. The minimum atomic E-state index is 0.185. The van der Waals surface area contributed by atoms with Gasteiger partial charge in [-0.2, -0.15) is 0 Å². The van der Waals surface area contributed by atoms with Crippen LogP contribution in [0.5, 0.6) is 0 Å². The largest absolute Gasteiger partial charge is 0.296 e. The standard InChI is InChI=1S/C18H7Cl6NO/c19-10-3-5-12(21)16(23)14(10)9-2-1-8(7-26)25-18(9)15-11(20)4-6-13(22)17(15)24/h1-7H. The summed E-state index contributed by atoms with van der Waals surface area (Å²) in [5, 5.41) is 1.72. The van der Waals surface area contributed by atoms with Crippen LogP contribution < -0.4 is 0 Å². The number of nitrogens with zero attached hydrogens (tertiary/aromatic N) is 1. The maximum atomic E-state index is 11.2. The number of aromatic nitrogens is 1. The summed E-state index contributed by atoms with van der Waals surface area (Å²) in [5.74, 6) is 0. The highest BCUT2D eigenvalue weighted by atomic mass is 35.5. The Kier molecular flexibility index (Phi) is 6.03. The zero-order valence-corrected chi connectivity index (χ0v) is 17.2. The van der Waals surface area contributed by atoms with Gasteiger partial charge in [0.15, 0.2) is 6.29 Å². The lowest BCUT2D eigenvalue weighted by atomic mass is 9.98. The fourth-order valence-corrected chi connectivity index (χ4v) is 3.89. The number of benzene rings is 2. The topological polar surface area (TPSA) is 30.0 Å². The van der Waals surface area contributed by atoms with Crippen LogP contribution in [0.4, 0.5) is 0 Å². The van der Waals surface area contributed by atoms with Crippen LogP contribution in [0.15, 0.2) is 36.4 Å². The Labute approximate surface area is 179 Å². The first-order valence-corrected chi connectivity index (χ1v) is 9.36. The third kappa shape index (κ3) is 3.55. The van der Waals surface area contributed by atoms with Gasteiger partial charge in [0.1, 0.15) is 5.69 Å². The van der Waals surface area contributed by atoms with E-state index in [4.69, 9.17) is 69.6 Å². The number of carbonyl (C=O) groups excluding carboxylic acids is 1. The van der Waals surface area contributed by atoms with Crippen LogP contribution in [0.3, 0.4) is 0 Å². The molecule has 1 heterocycles. The van der Waals surface area contributed by atoms with Crippen LogP contribution in [-0.4, -0.2) is 11.3 Å². The number of hydrogen-bond donors (Lipinski definition) is 0. The van der Waals surface area contributed by atoms with E-state index >= 15 is 0 Å². The van der Waals surface area contributed by atoms with E-state index in [0.29, 0.717) is 48.8 Å². The second kappa shape index (κ2) is 7.93. The average Bonchev–Trinajstić information content (AvgIpc) is 2.63. The van der Waals surface area contributed by atoms with E-state index in [9.17, 15) is 4.79 Å². The lowest BCUT2D eigenvalue weighted by Crippen LogP contribution is -1.97. The van der Waals surface area contributed by atoms with Gasteiger partial charge in [0.25, 0.3) is 0 Å². The van der Waals surface area contributed by atoms with Crippen molar-refractivity contribution in [3.8, 4) is 22.4 Å². The molecule has 0 spiro atoms. The molecule has 0 aliphatic heterocycles. The van der Waals surface area contributed by atoms with Crippen molar-refractivity contribution in [2.24, 2.45) is 0 Å². The molecule has 0 unspecified atom stereocenters. The van der Waals surface area contributed by atoms with Crippen molar-refractivity contribution in [3.63, 3.8) is 0 Å². The molecule has 26 heavy (non-hydrogen) atoms. The maximum absolute atomic E-state index is 11.2. The molecule has 132 valence electrons. The lowest BCUT2D eigenvalue weighted by molar-refractivity contribution is 0.111. The van der Waals surface area contributed by atoms with E-state index in [-0.39, 0.29) is 15.7 Å². The summed E-state index contributed by atoms with van der Waals surface area (Å²) in [4.78, 5) is 15.6. The highest BCUT2D eigenvalue weighted by Crippen LogP contribution is 2.46. The van der Waals surface area contributed by atoms with Crippen molar-refractivity contribution >= 4 is 75.9 Å². The number of hydrogen-bond acceptors (Lipinski definition) is 2. The SMILES string of the molecule is O=Cc1ccc(-c2c(Cl)ccc(Cl)c2Cl)c(-c2c(Cl)ccc(Cl)c2Cl)n1. The van der Waals surface area contributed by atoms with Gasteiger partial charge in [-0.15, -0.1) is 0 Å². The molecule has 0 bridgehead atoms. The van der Waals surface area contributed by atoms with Gasteiger partial charge in [0.2, 0.25) is 0 Å². The summed E-state index contributed by atoms with van der Waals surface area (Å²) in [6.45, 7) is 0.